The molecule has 1 atom stereocenters. The number of likely N-dealkylation sites (tertiary alicyclic amines) is 1. The van der Waals surface area contributed by atoms with Crippen molar-refractivity contribution in [2.45, 2.75) is 26.5 Å². The second-order valence-corrected chi connectivity index (χ2v) is 4.21. The number of aliphatic hydroxyl groups is 1. The average Bonchev–Trinajstić information content (AvgIpc) is 2.87. The van der Waals surface area contributed by atoms with E-state index < -0.39 is 0 Å². The number of hydrogen-bond acceptors (Lipinski definition) is 4. The molecule has 16 heavy (non-hydrogen) atoms. The Labute approximate surface area is 93.9 Å². The molecule has 0 radical (unpaired) electrons. The predicted molar refractivity (Wildman–Crippen MR) is 56.3 cm³/mol. The van der Waals surface area contributed by atoms with Crippen molar-refractivity contribution in [3.05, 3.63) is 11.9 Å². The van der Waals surface area contributed by atoms with E-state index >= 15 is 0 Å². The number of nitrogens with zero attached hydrogens (tertiary/aromatic N) is 4. The molecule has 1 aromatic rings. The van der Waals surface area contributed by atoms with Crippen LogP contribution in [0.2, 0.25) is 0 Å². The van der Waals surface area contributed by atoms with Crippen molar-refractivity contribution in [3.63, 3.8) is 0 Å². The lowest BCUT2D eigenvalue weighted by Gasteiger charge is -2.13. The Hall–Kier alpha value is -1.43. The molecule has 1 N–H and O–H groups in total. The van der Waals surface area contributed by atoms with Gasteiger partial charge in [-0.1, -0.05) is 5.21 Å². The van der Waals surface area contributed by atoms with Gasteiger partial charge in [-0.25, -0.2) is 0 Å². The van der Waals surface area contributed by atoms with Crippen molar-refractivity contribution < 1.29 is 9.90 Å². The highest BCUT2D eigenvalue weighted by Crippen LogP contribution is 2.17. The number of hydrogen-bond donors (Lipinski definition) is 1. The van der Waals surface area contributed by atoms with Crippen LogP contribution in [0, 0.1) is 5.92 Å². The van der Waals surface area contributed by atoms with Crippen LogP contribution in [0.3, 0.4) is 0 Å². The molecule has 6 nitrogen and oxygen atoms in total. The van der Waals surface area contributed by atoms with E-state index in [0.29, 0.717) is 11.6 Å². The van der Waals surface area contributed by atoms with E-state index in [2.05, 4.69) is 10.3 Å². The summed E-state index contributed by atoms with van der Waals surface area (Å²) in [6.07, 6.45) is 2.75. The second kappa shape index (κ2) is 4.61. The summed E-state index contributed by atoms with van der Waals surface area (Å²) in [4.78, 5) is 13.0. The number of aromatic nitrogens is 3. The Morgan fingerprint density at radius 3 is 3.06 bits per heavy atom. The fraction of sp³-hybridized carbons (Fsp3) is 0.700. The predicted octanol–water partition coefficient (Wildman–Crippen LogP) is -0.361. The third-order valence-electron chi connectivity index (χ3n) is 2.92. The van der Waals surface area contributed by atoms with Crippen LogP contribution in [0.4, 0.5) is 0 Å². The molecule has 0 unspecified atom stereocenters. The maximum absolute atomic E-state index is 11.2. The fourth-order valence-corrected chi connectivity index (χ4v) is 2.03. The van der Waals surface area contributed by atoms with Gasteiger partial charge in [0.15, 0.2) is 0 Å². The van der Waals surface area contributed by atoms with Gasteiger partial charge in [0.2, 0.25) is 5.91 Å². The van der Waals surface area contributed by atoms with Gasteiger partial charge >= 0.3 is 0 Å². The van der Waals surface area contributed by atoms with Crippen molar-refractivity contribution in [2.75, 3.05) is 13.1 Å². The van der Waals surface area contributed by atoms with Crippen molar-refractivity contribution in [1.82, 2.24) is 19.9 Å². The molecule has 1 amide bonds. The van der Waals surface area contributed by atoms with E-state index in [-0.39, 0.29) is 12.5 Å². The van der Waals surface area contributed by atoms with Crippen LogP contribution in [-0.4, -0.2) is 44.0 Å². The third-order valence-corrected chi connectivity index (χ3v) is 2.92. The molecule has 6 heteroatoms. The number of carbonyl (C=O) groups excluding carboxylic acids is 1. The Morgan fingerprint density at radius 1 is 1.69 bits per heavy atom. The van der Waals surface area contributed by atoms with Gasteiger partial charge in [-0.15, -0.1) is 5.10 Å². The molecule has 0 aliphatic carbocycles. The van der Waals surface area contributed by atoms with Gasteiger partial charge in [0.05, 0.1) is 12.8 Å². The van der Waals surface area contributed by atoms with E-state index in [1.807, 2.05) is 4.90 Å². The zero-order valence-corrected chi connectivity index (χ0v) is 9.33. The summed E-state index contributed by atoms with van der Waals surface area (Å²) in [6.45, 7) is 3.91. The first-order valence-electron chi connectivity index (χ1n) is 5.44. The number of carbonyl (C=O) groups is 1. The van der Waals surface area contributed by atoms with Crippen molar-refractivity contribution in [2.24, 2.45) is 5.92 Å². The highest BCUT2D eigenvalue weighted by atomic mass is 16.3. The summed E-state index contributed by atoms with van der Waals surface area (Å²) in [5.41, 5.74) is 0.585. The molecule has 1 fully saturated rings. The van der Waals surface area contributed by atoms with Crippen LogP contribution in [-0.2, 0) is 17.9 Å². The molecule has 2 rings (SSSR count). The zero-order valence-electron chi connectivity index (χ0n) is 9.33. The van der Waals surface area contributed by atoms with Crippen LogP contribution in [0.1, 0.15) is 19.0 Å². The van der Waals surface area contributed by atoms with Gasteiger partial charge in [0.1, 0.15) is 5.69 Å². The molecule has 1 aliphatic rings. The normalized spacial score (nSPS) is 20.4. The standard InChI is InChI=1S/C10H16N4O2/c1-8(16)13-3-2-9(4-13)5-14-6-10(7-15)11-12-14/h6,9,15H,2-5,7H2,1H3/t9-/m1/s1. The highest BCUT2D eigenvalue weighted by Gasteiger charge is 2.24. The molecule has 0 spiro atoms. The van der Waals surface area contributed by atoms with E-state index in [9.17, 15) is 4.79 Å². The quantitative estimate of drug-likeness (QED) is 0.761. The van der Waals surface area contributed by atoms with Crippen molar-refractivity contribution in [3.8, 4) is 0 Å². The topological polar surface area (TPSA) is 71.2 Å². The van der Waals surface area contributed by atoms with Crippen molar-refractivity contribution >= 4 is 5.91 Å². The second-order valence-electron chi connectivity index (χ2n) is 4.21. The largest absolute Gasteiger partial charge is 0.390 e. The van der Waals surface area contributed by atoms with Gasteiger partial charge in [-0.05, 0) is 12.3 Å². The maximum atomic E-state index is 11.2. The molecule has 2 heterocycles. The number of rotatable bonds is 3. The summed E-state index contributed by atoms with van der Waals surface area (Å²) >= 11 is 0. The first-order chi connectivity index (χ1) is 7.69. The SMILES string of the molecule is CC(=O)N1CC[C@@H](Cn2cc(CO)nn2)C1. The molecule has 1 aromatic heterocycles. The lowest BCUT2D eigenvalue weighted by molar-refractivity contribution is -0.127. The van der Waals surface area contributed by atoms with Crippen molar-refractivity contribution in [1.29, 1.82) is 0 Å². The van der Waals surface area contributed by atoms with Crippen LogP contribution < -0.4 is 0 Å². The van der Waals surface area contributed by atoms with E-state index in [1.54, 1.807) is 17.8 Å². The molecular weight excluding hydrogens is 208 g/mol. The summed E-state index contributed by atoms with van der Waals surface area (Å²) in [5.74, 6) is 0.578. The van der Waals surface area contributed by atoms with Gasteiger partial charge in [-0.3, -0.25) is 9.48 Å². The highest BCUT2D eigenvalue weighted by molar-refractivity contribution is 5.73. The van der Waals surface area contributed by atoms with E-state index in [0.717, 1.165) is 26.1 Å². The molecule has 0 aromatic carbocycles. The zero-order chi connectivity index (χ0) is 11.5. The van der Waals surface area contributed by atoms with Gasteiger partial charge in [0, 0.05) is 26.6 Å². The molecule has 1 aliphatic heterocycles. The minimum atomic E-state index is -0.0791. The first-order valence-corrected chi connectivity index (χ1v) is 5.44. The minimum Gasteiger partial charge on any atom is -0.390 e. The summed E-state index contributed by atoms with van der Waals surface area (Å²) < 4.78 is 1.74. The van der Waals surface area contributed by atoms with Crippen LogP contribution in [0.25, 0.3) is 0 Å². The maximum Gasteiger partial charge on any atom is 0.219 e. The fourth-order valence-electron chi connectivity index (χ4n) is 2.03. The smallest absolute Gasteiger partial charge is 0.219 e. The monoisotopic (exact) mass is 224 g/mol. The molecule has 0 saturated carbocycles. The molecule has 88 valence electrons. The summed E-state index contributed by atoms with van der Waals surface area (Å²) in [5, 5.41) is 16.6. The van der Waals surface area contributed by atoms with Gasteiger partial charge < -0.3 is 10.0 Å². The molecule has 1 saturated heterocycles. The van der Waals surface area contributed by atoms with E-state index in [4.69, 9.17) is 5.11 Å². The van der Waals surface area contributed by atoms with Gasteiger partial charge in [-0.2, -0.15) is 0 Å². The summed E-state index contributed by atoms with van der Waals surface area (Å²) in [7, 11) is 0. The average molecular weight is 224 g/mol. The Balaban J connectivity index is 1.89. The first kappa shape index (κ1) is 11.1. The van der Waals surface area contributed by atoms with Gasteiger partial charge in [0.25, 0.3) is 0 Å². The minimum absolute atomic E-state index is 0.0791. The van der Waals surface area contributed by atoms with E-state index in [1.165, 1.54) is 0 Å². The van der Waals surface area contributed by atoms with Crippen LogP contribution in [0.15, 0.2) is 6.20 Å². The van der Waals surface area contributed by atoms with Crippen LogP contribution in [0.5, 0.6) is 0 Å². The lowest BCUT2D eigenvalue weighted by atomic mass is 10.1. The lowest BCUT2D eigenvalue weighted by Crippen LogP contribution is -2.26. The number of aliphatic hydroxyl groups excluding tert-OH is 1. The van der Waals surface area contributed by atoms with Crippen LogP contribution >= 0.6 is 0 Å². The number of amides is 1. The molecular formula is C10H16N4O2. The summed E-state index contributed by atoms with van der Waals surface area (Å²) in [6, 6.07) is 0. The Kier molecular flexibility index (Phi) is 3.19. The molecule has 0 bridgehead atoms. The third kappa shape index (κ3) is 2.38. The Morgan fingerprint density at radius 2 is 2.50 bits per heavy atom. The Bertz CT molecular complexity index is 377.